The highest BCUT2D eigenvalue weighted by Gasteiger charge is 2.18. The van der Waals surface area contributed by atoms with E-state index in [0.717, 1.165) is 22.7 Å². The van der Waals surface area contributed by atoms with Crippen molar-refractivity contribution >= 4 is 11.3 Å². The second kappa shape index (κ2) is 4.96. The summed E-state index contributed by atoms with van der Waals surface area (Å²) in [6.07, 6.45) is 0.723. The molecule has 0 saturated carbocycles. The molecule has 0 radical (unpaired) electrons. The lowest BCUT2D eigenvalue weighted by Crippen LogP contribution is -2.45. The topological polar surface area (TPSA) is 64.9 Å². The zero-order chi connectivity index (χ0) is 12.3. The Labute approximate surface area is 105 Å². The molecule has 1 aromatic heterocycles. The van der Waals surface area contributed by atoms with Crippen LogP contribution in [0.1, 0.15) is 11.9 Å². The number of hydrogen-bond acceptors (Lipinski definition) is 4. The number of nitrogens with zero attached hydrogens (tertiary/aromatic N) is 1. The minimum Gasteiger partial charge on any atom is -0.329 e. The van der Waals surface area contributed by atoms with Crippen molar-refractivity contribution in [1.82, 2.24) is 4.98 Å². The molecule has 4 N–H and O–H groups in total. The van der Waals surface area contributed by atoms with E-state index in [1.807, 2.05) is 25.1 Å². The summed E-state index contributed by atoms with van der Waals surface area (Å²) in [7, 11) is 0. The number of benzene rings is 1. The Bertz CT molecular complexity index is 476. The van der Waals surface area contributed by atoms with Crippen molar-refractivity contribution in [3.05, 3.63) is 40.7 Å². The average molecular weight is 247 g/mol. The van der Waals surface area contributed by atoms with Gasteiger partial charge in [0.1, 0.15) is 0 Å². The summed E-state index contributed by atoms with van der Waals surface area (Å²) < 4.78 is 0. The number of aromatic nitrogens is 1. The maximum Gasteiger partial charge on any atom is 0.0951 e. The van der Waals surface area contributed by atoms with Gasteiger partial charge in [0.15, 0.2) is 0 Å². The summed E-state index contributed by atoms with van der Waals surface area (Å²) in [5, 5.41) is 3.11. The predicted octanol–water partition coefficient (Wildman–Crippen LogP) is 2.03. The molecule has 3 nitrogen and oxygen atoms in total. The lowest BCUT2D eigenvalue weighted by atomic mass is 10.0. The van der Waals surface area contributed by atoms with E-state index in [1.165, 1.54) is 0 Å². The average Bonchev–Trinajstić information content (AvgIpc) is 2.78. The smallest absolute Gasteiger partial charge is 0.0951 e. The van der Waals surface area contributed by atoms with Gasteiger partial charge < -0.3 is 11.5 Å². The predicted molar refractivity (Wildman–Crippen MR) is 72.9 cm³/mol. The Balaban J connectivity index is 2.17. The SMILES string of the molecule is CC(N)(CN)Cc1nc(-c2ccccc2)cs1. The maximum atomic E-state index is 6.04. The Morgan fingerprint density at radius 3 is 2.65 bits per heavy atom. The highest BCUT2D eigenvalue weighted by molar-refractivity contribution is 7.09. The minimum absolute atomic E-state index is 0.369. The highest BCUT2D eigenvalue weighted by Crippen LogP contribution is 2.23. The molecule has 90 valence electrons. The van der Waals surface area contributed by atoms with Crippen LogP contribution in [0.25, 0.3) is 11.3 Å². The molecule has 0 aliphatic rings. The number of rotatable bonds is 4. The lowest BCUT2D eigenvalue weighted by Gasteiger charge is -2.20. The van der Waals surface area contributed by atoms with Gasteiger partial charge in [-0.05, 0) is 6.92 Å². The van der Waals surface area contributed by atoms with Gasteiger partial charge in [-0.3, -0.25) is 0 Å². The van der Waals surface area contributed by atoms with Crippen molar-refractivity contribution in [2.45, 2.75) is 18.9 Å². The minimum atomic E-state index is -0.369. The molecule has 1 atom stereocenters. The van der Waals surface area contributed by atoms with Crippen LogP contribution in [0.4, 0.5) is 0 Å². The van der Waals surface area contributed by atoms with Crippen molar-refractivity contribution < 1.29 is 0 Å². The maximum absolute atomic E-state index is 6.04. The summed E-state index contributed by atoms with van der Waals surface area (Å²) in [4.78, 5) is 4.60. The second-order valence-corrected chi connectivity index (χ2v) is 5.47. The number of nitrogens with two attached hydrogens (primary N) is 2. The van der Waals surface area contributed by atoms with E-state index in [0.29, 0.717) is 6.54 Å². The Morgan fingerprint density at radius 2 is 2.00 bits per heavy atom. The van der Waals surface area contributed by atoms with E-state index in [-0.39, 0.29) is 5.54 Å². The van der Waals surface area contributed by atoms with Gasteiger partial charge in [-0.25, -0.2) is 4.98 Å². The first-order valence-electron chi connectivity index (χ1n) is 5.59. The van der Waals surface area contributed by atoms with Gasteiger partial charge in [0.25, 0.3) is 0 Å². The molecule has 0 saturated heterocycles. The van der Waals surface area contributed by atoms with E-state index < -0.39 is 0 Å². The quantitative estimate of drug-likeness (QED) is 0.869. The van der Waals surface area contributed by atoms with Crippen LogP contribution in [0, 0.1) is 0 Å². The number of thiazole rings is 1. The van der Waals surface area contributed by atoms with Crippen LogP contribution in [0.15, 0.2) is 35.7 Å². The van der Waals surface area contributed by atoms with Crippen molar-refractivity contribution in [2.75, 3.05) is 6.54 Å². The molecule has 2 rings (SSSR count). The molecule has 0 spiro atoms. The first-order chi connectivity index (χ1) is 8.11. The molecule has 1 aromatic carbocycles. The summed E-state index contributed by atoms with van der Waals surface area (Å²) in [5.74, 6) is 0. The highest BCUT2D eigenvalue weighted by atomic mass is 32.1. The fraction of sp³-hybridized carbons (Fsp3) is 0.308. The molecule has 2 aromatic rings. The number of hydrogen-bond donors (Lipinski definition) is 2. The third kappa shape index (κ3) is 3.12. The summed E-state index contributed by atoms with van der Waals surface area (Å²) in [5.41, 5.74) is 13.4. The van der Waals surface area contributed by atoms with Crippen LogP contribution in [-0.2, 0) is 6.42 Å². The summed E-state index contributed by atoms with van der Waals surface area (Å²) in [6, 6.07) is 10.2. The van der Waals surface area contributed by atoms with Crippen molar-refractivity contribution in [3.8, 4) is 11.3 Å². The first kappa shape index (κ1) is 12.2. The molecule has 4 heteroatoms. The van der Waals surface area contributed by atoms with E-state index in [4.69, 9.17) is 11.5 Å². The molecule has 0 amide bonds. The largest absolute Gasteiger partial charge is 0.329 e. The Morgan fingerprint density at radius 1 is 1.29 bits per heavy atom. The van der Waals surface area contributed by atoms with Crippen LogP contribution in [0.3, 0.4) is 0 Å². The van der Waals surface area contributed by atoms with E-state index in [9.17, 15) is 0 Å². The van der Waals surface area contributed by atoms with Crippen molar-refractivity contribution in [2.24, 2.45) is 11.5 Å². The standard InChI is InChI=1S/C13H17N3S/c1-13(15,9-14)7-12-16-11(8-17-12)10-5-3-2-4-6-10/h2-6,8H,7,9,14-15H2,1H3. The first-order valence-corrected chi connectivity index (χ1v) is 6.47. The van der Waals surface area contributed by atoms with Crippen LogP contribution < -0.4 is 11.5 Å². The van der Waals surface area contributed by atoms with Crippen LogP contribution in [-0.4, -0.2) is 17.1 Å². The van der Waals surface area contributed by atoms with Crippen molar-refractivity contribution in [3.63, 3.8) is 0 Å². The molecule has 0 bridgehead atoms. The van der Waals surface area contributed by atoms with Crippen LogP contribution in [0.5, 0.6) is 0 Å². The van der Waals surface area contributed by atoms with Gasteiger partial charge in [0, 0.05) is 29.4 Å². The molecule has 17 heavy (non-hydrogen) atoms. The van der Waals surface area contributed by atoms with Crippen LogP contribution >= 0.6 is 11.3 Å². The fourth-order valence-corrected chi connectivity index (χ4v) is 2.55. The molecule has 1 heterocycles. The molecule has 0 aliphatic carbocycles. The van der Waals surface area contributed by atoms with E-state index in [1.54, 1.807) is 11.3 Å². The molecular weight excluding hydrogens is 230 g/mol. The van der Waals surface area contributed by atoms with Gasteiger partial charge in [0.2, 0.25) is 0 Å². The summed E-state index contributed by atoms with van der Waals surface area (Å²) in [6.45, 7) is 2.42. The Hall–Kier alpha value is -1.23. The van der Waals surface area contributed by atoms with Gasteiger partial charge in [-0.2, -0.15) is 0 Å². The normalized spacial score (nSPS) is 14.5. The second-order valence-electron chi connectivity index (χ2n) is 4.53. The Kier molecular flexibility index (Phi) is 3.57. The molecular formula is C13H17N3S. The third-order valence-electron chi connectivity index (χ3n) is 2.64. The van der Waals surface area contributed by atoms with Crippen LogP contribution in [0.2, 0.25) is 0 Å². The fourth-order valence-electron chi connectivity index (χ4n) is 1.55. The van der Waals surface area contributed by atoms with Crippen molar-refractivity contribution in [1.29, 1.82) is 0 Å². The van der Waals surface area contributed by atoms with Gasteiger partial charge >= 0.3 is 0 Å². The zero-order valence-corrected chi connectivity index (χ0v) is 10.7. The van der Waals surface area contributed by atoms with Gasteiger partial charge in [-0.1, -0.05) is 30.3 Å². The lowest BCUT2D eigenvalue weighted by molar-refractivity contribution is 0.477. The monoisotopic (exact) mass is 247 g/mol. The molecule has 0 fully saturated rings. The molecule has 1 unspecified atom stereocenters. The van der Waals surface area contributed by atoms with E-state index in [2.05, 4.69) is 22.5 Å². The van der Waals surface area contributed by atoms with E-state index >= 15 is 0 Å². The summed E-state index contributed by atoms with van der Waals surface area (Å²) >= 11 is 1.64. The molecule has 0 aliphatic heterocycles. The van der Waals surface area contributed by atoms with Gasteiger partial charge in [-0.15, -0.1) is 11.3 Å². The third-order valence-corrected chi connectivity index (χ3v) is 3.49. The van der Waals surface area contributed by atoms with Gasteiger partial charge in [0.05, 0.1) is 10.7 Å². The zero-order valence-electron chi connectivity index (χ0n) is 9.89.